The number of aromatic nitrogens is 2. The van der Waals surface area contributed by atoms with Crippen molar-refractivity contribution in [2.24, 2.45) is 5.92 Å². The second kappa shape index (κ2) is 4.40. The van der Waals surface area contributed by atoms with Crippen LogP contribution in [0, 0.1) is 19.8 Å². The van der Waals surface area contributed by atoms with Crippen LogP contribution in [0.5, 0.6) is 5.88 Å². The fourth-order valence-corrected chi connectivity index (χ4v) is 2.31. The standard InChI is InChI=1S/C14H20N2O/c1-9(2)8-16-11(4)10(3)12-6-7-15-14(17-5)13(12)16/h6-7,9H,8H2,1-5H3. The van der Waals surface area contributed by atoms with Crippen LogP contribution in [0.3, 0.4) is 0 Å². The molecule has 17 heavy (non-hydrogen) atoms. The van der Waals surface area contributed by atoms with E-state index in [-0.39, 0.29) is 0 Å². The summed E-state index contributed by atoms with van der Waals surface area (Å²) in [5.74, 6) is 1.33. The maximum absolute atomic E-state index is 5.39. The van der Waals surface area contributed by atoms with Crippen LogP contribution in [0.25, 0.3) is 10.9 Å². The first-order valence-corrected chi connectivity index (χ1v) is 6.04. The van der Waals surface area contributed by atoms with Crippen molar-refractivity contribution >= 4 is 10.9 Å². The molecule has 92 valence electrons. The average Bonchev–Trinajstić information content (AvgIpc) is 2.54. The van der Waals surface area contributed by atoms with Gasteiger partial charge in [0.15, 0.2) is 0 Å². The Hall–Kier alpha value is -1.51. The average molecular weight is 232 g/mol. The summed E-state index contributed by atoms with van der Waals surface area (Å²) in [6, 6.07) is 2.07. The third kappa shape index (κ3) is 1.90. The summed E-state index contributed by atoms with van der Waals surface area (Å²) in [6.07, 6.45) is 1.81. The summed E-state index contributed by atoms with van der Waals surface area (Å²) >= 11 is 0. The van der Waals surface area contributed by atoms with Gasteiger partial charge in [-0.25, -0.2) is 4.98 Å². The molecule has 2 heterocycles. The third-order valence-corrected chi connectivity index (χ3v) is 3.25. The highest BCUT2D eigenvalue weighted by atomic mass is 16.5. The molecule has 0 saturated heterocycles. The highest BCUT2D eigenvalue weighted by Gasteiger charge is 2.15. The number of aryl methyl sites for hydroxylation is 1. The lowest BCUT2D eigenvalue weighted by molar-refractivity contribution is 0.399. The molecule has 0 aliphatic carbocycles. The van der Waals surface area contributed by atoms with Crippen LogP contribution in [0.2, 0.25) is 0 Å². The highest BCUT2D eigenvalue weighted by molar-refractivity contribution is 5.88. The van der Waals surface area contributed by atoms with Crippen LogP contribution >= 0.6 is 0 Å². The first kappa shape index (κ1) is 12.0. The Morgan fingerprint density at radius 2 is 2.06 bits per heavy atom. The first-order chi connectivity index (χ1) is 8.06. The Kier molecular flexibility index (Phi) is 3.09. The fourth-order valence-electron chi connectivity index (χ4n) is 2.31. The predicted octanol–water partition coefficient (Wildman–Crippen LogP) is 3.32. The molecule has 0 N–H and O–H groups in total. The van der Waals surface area contributed by atoms with Crippen molar-refractivity contribution in [3.05, 3.63) is 23.5 Å². The molecular weight excluding hydrogens is 212 g/mol. The Labute approximate surface area is 102 Å². The topological polar surface area (TPSA) is 27.1 Å². The van der Waals surface area contributed by atoms with E-state index in [1.165, 1.54) is 16.6 Å². The normalized spacial score (nSPS) is 11.4. The predicted molar refractivity (Wildman–Crippen MR) is 70.6 cm³/mol. The second-order valence-electron chi connectivity index (χ2n) is 4.93. The molecule has 0 radical (unpaired) electrons. The molecule has 0 unspecified atom stereocenters. The number of nitrogens with zero attached hydrogens (tertiary/aromatic N) is 2. The second-order valence-corrected chi connectivity index (χ2v) is 4.93. The van der Waals surface area contributed by atoms with E-state index in [4.69, 9.17) is 4.74 Å². The van der Waals surface area contributed by atoms with Gasteiger partial charge in [0.2, 0.25) is 5.88 Å². The van der Waals surface area contributed by atoms with Gasteiger partial charge in [-0.05, 0) is 31.4 Å². The van der Waals surface area contributed by atoms with Crippen LogP contribution in [-0.2, 0) is 6.54 Å². The molecule has 0 aliphatic rings. The van der Waals surface area contributed by atoms with Gasteiger partial charge < -0.3 is 9.30 Å². The van der Waals surface area contributed by atoms with E-state index in [2.05, 4.69) is 43.3 Å². The van der Waals surface area contributed by atoms with Gasteiger partial charge in [-0.2, -0.15) is 0 Å². The van der Waals surface area contributed by atoms with Crippen molar-refractivity contribution in [1.82, 2.24) is 9.55 Å². The molecule has 0 spiro atoms. The fraction of sp³-hybridized carbons (Fsp3) is 0.500. The van der Waals surface area contributed by atoms with Gasteiger partial charge >= 0.3 is 0 Å². The number of ether oxygens (including phenoxy) is 1. The van der Waals surface area contributed by atoms with Crippen molar-refractivity contribution in [3.63, 3.8) is 0 Å². The van der Waals surface area contributed by atoms with Crippen LogP contribution < -0.4 is 4.74 Å². The molecule has 3 heteroatoms. The number of pyridine rings is 1. The summed E-state index contributed by atoms with van der Waals surface area (Å²) in [5.41, 5.74) is 3.75. The zero-order valence-electron chi connectivity index (χ0n) is 11.2. The molecule has 0 aliphatic heterocycles. The van der Waals surface area contributed by atoms with Crippen molar-refractivity contribution in [2.75, 3.05) is 7.11 Å². The van der Waals surface area contributed by atoms with Gasteiger partial charge in [0.1, 0.15) is 5.52 Å². The maximum atomic E-state index is 5.39. The molecule has 2 rings (SSSR count). The lowest BCUT2D eigenvalue weighted by Crippen LogP contribution is -2.07. The molecule has 0 bridgehead atoms. The summed E-state index contributed by atoms with van der Waals surface area (Å²) in [5, 5.41) is 1.25. The van der Waals surface area contributed by atoms with E-state index in [1.54, 1.807) is 7.11 Å². The molecule has 0 saturated carbocycles. The smallest absolute Gasteiger partial charge is 0.238 e. The molecule has 2 aromatic heterocycles. The monoisotopic (exact) mass is 232 g/mol. The summed E-state index contributed by atoms with van der Waals surface area (Å²) in [7, 11) is 1.68. The molecule has 0 aromatic carbocycles. The highest BCUT2D eigenvalue weighted by Crippen LogP contribution is 2.31. The lowest BCUT2D eigenvalue weighted by atomic mass is 10.2. The Bertz CT molecular complexity index is 541. The van der Waals surface area contributed by atoms with Crippen LogP contribution in [-0.4, -0.2) is 16.7 Å². The first-order valence-electron chi connectivity index (χ1n) is 6.04. The van der Waals surface area contributed by atoms with Gasteiger partial charge in [-0.3, -0.25) is 0 Å². The number of methoxy groups -OCH3 is 1. The van der Waals surface area contributed by atoms with Crippen molar-refractivity contribution in [2.45, 2.75) is 34.2 Å². The molecule has 3 nitrogen and oxygen atoms in total. The van der Waals surface area contributed by atoms with Crippen molar-refractivity contribution in [3.8, 4) is 5.88 Å². The Balaban J connectivity index is 2.75. The Morgan fingerprint density at radius 3 is 2.65 bits per heavy atom. The molecule has 0 amide bonds. The van der Waals surface area contributed by atoms with Gasteiger partial charge in [0, 0.05) is 23.8 Å². The minimum Gasteiger partial charge on any atom is -0.479 e. The minimum atomic E-state index is 0.605. The van der Waals surface area contributed by atoms with Crippen LogP contribution in [0.1, 0.15) is 25.1 Å². The van der Waals surface area contributed by atoms with E-state index in [0.717, 1.165) is 17.9 Å². The van der Waals surface area contributed by atoms with Crippen LogP contribution in [0.4, 0.5) is 0 Å². The summed E-state index contributed by atoms with van der Waals surface area (Å²) in [6.45, 7) is 9.77. The van der Waals surface area contributed by atoms with Crippen molar-refractivity contribution in [1.29, 1.82) is 0 Å². The molecule has 0 fully saturated rings. The van der Waals surface area contributed by atoms with E-state index in [1.807, 2.05) is 6.20 Å². The van der Waals surface area contributed by atoms with E-state index >= 15 is 0 Å². The zero-order chi connectivity index (χ0) is 12.6. The van der Waals surface area contributed by atoms with Crippen LogP contribution in [0.15, 0.2) is 12.3 Å². The largest absolute Gasteiger partial charge is 0.479 e. The number of fused-ring (bicyclic) bond motifs is 1. The van der Waals surface area contributed by atoms with Crippen molar-refractivity contribution < 1.29 is 4.74 Å². The van der Waals surface area contributed by atoms with Gasteiger partial charge in [-0.1, -0.05) is 13.8 Å². The van der Waals surface area contributed by atoms with E-state index in [0.29, 0.717) is 5.92 Å². The lowest BCUT2D eigenvalue weighted by Gasteiger charge is -2.12. The summed E-state index contributed by atoms with van der Waals surface area (Å²) in [4.78, 5) is 4.30. The SMILES string of the molecule is COc1nccc2c(C)c(C)n(CC(C)C)c12. The molecular formula is C14H20N2O. The van der Waals surface area contributed by atoms with E-state index in [9.17, 15) is 0 Å². The quantitative estimate of drug-likeness (QED) is 0.811. The van der Waals surface area contributed by atoms with Gasteiger partial charge in [-0.15, -0.1) is 0 Å². The molecule has 0 atom stereocenters. The number of hydrogen-bond acceptors (Lipinski definition) is 2. The summed E-state index contributed by atoms with van der Waals surface area (Å²) < 4.78 is 7.71. The number of rotatable bonds is 3. The third-order valence-electron chi connectivity index (χ3n) is 3.25. The van der Waals surface area contributed by atoms with Gasteiger partial charge in [0.25, 0.3) is 0 Å². The number of hydrogen-bond donors (Lipinski definition) is 0. The molecule has 2 aromatic rings. The minimum absolute atomic E-state index is 0.605. The zero-order valence-corrected chi connectivity index (χ0v) is 11.2. The Morgan fingerprint density at radius 1 is 1.35 bits per heavy atom. The van der Waals surface area contributed by atoms with E-state index < -0.39 is 0 Å². The van der Waals surface area contributed by atoms with Gasteiger partial charge in [0.05, 0.1) is 7.11 Å². The maximum Gasteiger partial charge on any atom is 0.238 e.